The Morgan fingerprint density at radius 3 is 2.89 bits per heavy atom. The molecule has 1 aromatic carbocycles. The molecule has 6 heteroatoms. The Kier molecular flexibility index (Phi) is 6.67. The van der Waals surface area contributed by atoms with E-state index in [0.717, 1.165) is 18.5 Å². The Labute approximate surface area is 120 Å². The molecule has 100 valence electrons. The van der Waals surface area contributed by atoms with Crippen LogP contribution in [-0.2, 0) is 6.54 Å². The van der Waals surface area contributed by atoms with Gasteiger partial charge in [0.15, 0.2) is 0 Å². The SMILES string of the molecule is CSC(C)CCNCc1ccc(Br)c([N+](=O)[O-])c1. The summed E-state index contributed by atoms with van der Waals surface area (Å²) in [6.45, 7) is 3.78. The van der Waals surface area contributed by atoms with E-state index in [-0.39, 0.29) is 10.6 Å². The normalized spacial score (nSPS) is 12.4. The zero-order chi connectivity index (χ0) is 13.5. The van der Waals surface area contributed by atoms with Gasteiger partial charge < -0.3 is 5.32 Å². The van der Waals surface area contributed by atoms with Crippen molar-refractivity contribution in [2.75, 3.05) is 12.8 Å². The van der Waals surface area contributed by atoms with Crippen molar-refractivity contribution in [2.45, 2.75) is 25.1 Å². The molecule has 0 amide bonds. The molecule has 4 nitrogen and oxygen atoms in total. The lowest BCUT2D eigenvalue weighted by Gasteiger charge is -2.09. The third kappa shape index (κ3) is 4.96. The van der Waals surface area contributed by atoms with Crippen LogP contribution in [0.15, 0.2) is 22.7 Å². The van der Waals surface area contributed by atoms with Crippen LogP contribution in [0, 0.1) is 10.1 Å². The van der Waals surface area contributed by atoms with E-state index in [9.17, 15) is 10.1 Å². The number of nitro benzene ring substituents is 1. The van der Waals surface area contributed by atoms with Gasteiger partial charge >= 0.3 is 0 Å². The summed E-state index contributed by atoms with van der Waals surface area (Å²) in [5.41, 5.74) is 1.05. The van der Waals surface area contributed by atoms with Gasteiger partial charge in [0.2, 0.25) is 0 Å². The number of halogens is 1. The van der Waals surface area contributed by atoms with E-state index < -0.39 is 0 Å². The van der Waals surface area contributed by atoms with Crippen molar-refractivity contribution in [2.24, 2.45) is 0 Å². The van der Waals surface area contributed by atoms with Crippen LogP contribution in [0.5, 0.6) is 0 Å². The zero-order valence-corrected chi connectivity index (χ0v) is 12.9. The van der Waals surface area contributed by atoms with Gasteiger partial charge in [-0.15, -0.1) is 0 Å². The predicted octanol–water partition coefficient (Wildman–Crippen LogP) is 3.59. The second kappa shape index (κ2) is 7.76. The van der Waals surface area contributed by atoms with Crippen LogP contribution in [0.3, 0.4) is 0 Å². The van der Waals surface area contributed by atoms with Gasteiger partial charge in [-0.25, -0.2) is 0 Å². The van der Waals surface area contributed by atoms with Crippen molar-refractivity contribution < 1.29 is 4.92 Å². The molecule has 0 aromatic heterocycles. The van der Waals surface area contributed by atoms with E-state index in [2.05, 4.69) is 34.4 Å². The van der Waals surface area contributed by atoms with Gasteiger partial charge in [-0.05, 0) is 46.8 Å². The molecule has 0 fully saturated rings. The maximum absolute atomic E-state index is 10.8. The largest absolute Gasteiger partial charge is 0.313 e. The standard InChI is InChI=1S/C12H17BrN2O2S/c1-9(18-2)5-6-14-8-10-3-4-11(13)12(7-10)15(16)17/h3-4,7,9,14H,5-6,8H2,1-2H3. The topological polar surface area (TPSA) is 55.2 Å². The lowest BCUT2D eigenvalue weighted by atomic mass is 10.2. The quantitative estimate of drug-likeness (QED) is 0.471. The van der Waals surface area contributed by atoms with Gasteiger partial charge in [-0.1, -0.05) is 13.0 Å². The summed E-state index contributed by atoms with van der Waals surface area (Å²) in [4.78, 5) is 10.4. The second-order valence-electron chi connectivity index (χ2n) is 4.05. The first-order chi connectivity index (χ1) is 8.54. The highest BCUT2D eigenvalue weighted by atomic mass is 79.9. The average Bonchev–Trinajstić information content (AvgIpc) is 2.35. The van der Waals surface area contributed by atoms with Crippen molar-refractivity contribution in [3.8, 4) is 0 Å². The summed E-state index contributed by atoms with van der Waals surface area (Å²) >= 11 is 5.02. The summed E-state index contributed by atoms with van der Waals surface area (Å²) in [6.07, 6.45) is 3.20. The molecule has 0 aliphatic rings. The van der Waals surface area contributed by atoms with Crippen LogP contribution in [0.2, 0.25) is 0 Å². The van der Waals surface area contributed by atoms with Gasteiger partial charge in [0.25, 0.3) is 5.69 Å². The third-order valence-corrected chi connectivity index (χ3v) is 4.38. The van der Waals surface area contributed by atoms with E-state index in [1.54, 1.807) is 12.1 Å². The number of nitrogens with one attached hydrogen (secondary N) is 1. The lowest BCUT2D eigenvalue weighted by Crippen LogP contribution is -2.17. The average molecular weight is 333 g/mol. The minimum absolute atomic E-state index is 0.117. The molecule has 0 saturated carbocycles. The van der Waals surface area contributed by atoms with Crippen molar-refractivity contribution >= 4 is 33.4 Å². The van der Waals surface area contributed by atoms with Gasteiger partial charge in [-0.3, -0.25) is 10.1 Å². The van der Waals surface area contributed by atoms with E-state index >= 15 is 0 Å². The molecular formula is C12H17BrN2O2S. The highest BCUT2D eigenvalue weighted by Gasteiger charge is 2.11. The van der Waals surface area contributed by atoms with E-state index in [0.29, 0.717) is 16.3 Å². The fourth-order valence-electron chi connectivity index (χ4n) is 1.46. The van der Waals surface area contributed by atoms with Crippen molar-refractivity contribution in [1.29, 1.82) is 0 Å². The third-order valence-electron chi connectivity index (χ3n) is 2.67. The Hall–Kier alpha value is -0.590. The van der Waals surface area contributed by atoms with Crippen LogP contribution >= 0.6 is 27.7 Å². The summed E-state index contributed by atoms with van der Waals surface area (Å²) < 4.78 is 0.521. The fraction of sp³-hybridized carbons (Fsp3) is 0.500. The molecule has 0 bridgehead atoms. The zero-order valence-electron chi connectivity index (χ0n) is 10.5. The summed E-state index contributed by atoms with van der Waals surface area (Å²) in [5, 5.41) is 14.7. The molecule has 0 radical (unpaired) electrons. The molecule has 1 unspecified atom stereocenters. The number of rotatable bonds is 7. The Bertz CT molecular complexity index is 415. The van der Waals surface area contributed by atoms with Crippen molar-refractivity contribution in [3.63, 3.8) is 0 Å². The van der Waals surface area contributed by atoms with Gasteiger partial charge in [-0.2, -0.15) is 11.8 Å². The van der Waals surface area contributed by atoms with E-state index in [1.165, 1.54) is 0 Å². The van der Waals surface area contributed by atoms with E-state index in [4.69, 9.17) is 0 Å². The maximum atomic E-state index is 10.8. The molecule has 18 heavy (non-hydrogen) atoms. The predicted molar refractivity (Wildman–Crippen MR) is 80.1 cm³/mol. The first-order valence-electron chi connectivity index (χ1n) is 5.71. The molecule has 1 aromatic rings. The van der Waals surface area contributed by atoms with Crippen LogP contribution in [-0.4, -0.2) is 23.0 Å². The Morgan fingerprint density at radius 2 is 2.28 bits per heavy atom. The summed E-state index contributed by atoms with van der Waals surface area (Å²) in [7, 11) is 0. The Balaban J connectivity index is 2.48. The van der Waals surface area contributed by atoms with Gasteiger partial charge in [0, 0.05) is 17.9 Å². The summed E-state index contributed by atoms with van der Waals surface area (Å²) in [5.74, 6) is 0. The monoisotopic (exact) mass is 332 g/mol. The molecular weight excluding hydrogens is 316 g/mol. The number of hydrogen-bond acceptors (Lipinski definition) is 4. The van der Waals surface area contributed by atoms with Gasteiger partial charge in [0.1, 0.15) is 0 Å². The minimum atomic E-state index is -0.372. The van der Waals surface area contributed by atoms with Crippen LogP contribution in [0.1, 0.15) is 18.9 Å². The molecule has 0 aliphatic carbocycles. The molecule has 1 N–H and O–H groups in total. The van der Waals surface area contributed by atoms with E-state index in [1.807, 2.05) is 17.8 Å². The molecule has 1 rings (SSSR count). The minimum Gasteiger partial charge on any atom is -0.313 e. The molecule has 0 saturated heterocycles. The van der Waals surface area contributed by atoms with Crippen molar-refractivity contribution in [1.82, 2.24) is 5.32 Å². The first kappa shape index (κ1) is 15.5. The van der Waals surface area contributed by atoms with Gasteiger partial charge in [0.05, 0.1) is 9.40 Å². The lowest BCUT2D eigenvalue weighted by molar-refractivity contribution is -0.385. The highest BCUT2D eigenvalue weighted by molar-refractivity contribution is 9.10. The summed E-state index contributed by atoms with van der Waals surface area (Å²) in [6, 6.07) is 5.22. The number of benzene rings is 1. The molecule has 0 spiro atoms. The number of thioether (sulfide) groups is 1. The first-order valence-corrected chi connectivity index (χ1v) is 7.79. The van der Waals surface area contributed by atoms with Crippen LogP contribution in [0.25, 0.3) is 0 Å². The van der Waals surface area contributed by atoms with Crippen LogP contribution in [0.4, 0.5) is 5.69 Å². The molecule has 1 atom stereocenters. The number of nitro groups is 1. The molecule has 0 heterocycles. The maximum Gasteiger partial charge on any atom is 0.283 e. The molecule has 0 aliphatic heterocycles. The smallest absolute Gasteiger partial charge is 0.283 e. The second-order valence-corrected chi connectivity index (χ2v) is 6.19. The highest BCUT2D eigenvalue weighted by Crippen LogP contribution is 2.25. The fourth-order valence-corrected chi connectivity index (χ4v) is 2.21. The Morgan fingerprint density at radius 1 is 1.56 bits per heavy atom. The van der Waals surface area contributed by atoms with Crippen LogP contribution < -0.4 is 5.32 Å². The number of nitrogens with zero attached hydrogens (tertiary/aromatic N) is 1. The number of hydrogen-bond donors (Lipinski definition) is 1. The van der Waals surface area contributed by atoms with Crippen molar-refractivity contribution in [3.05, 3.63) is 38.3 Å².